The van der Waals surface area contributed by atoms with E-state index in [0.717, 1.165) is 35.4 Å². The fraction of sp³-hybridized carbons (Fsp3) is 0.129. The predicted octanol–water partition coefficient (Wildman–Crippen LogP) is 6.94. The van der Waals surface area contributed by atoms with Crippen LogP contribution in [0.3, 0.4) is 0 Å². The Morgan fingerprint density at radius 2 is 1.45 bits per heavy atom. The van der Waals surface area contributed by atoms with Gasteiger partial charge in [0.2, 0.25) is 0 Å². The van der Waals surface area contributed by atoms with E-state index in [9.17, 15) is 14.4 Å². The van der Waals surface area contributed by atoms with Crippen molar-refractivity contribution in [3.05, 3.63) is 124 Å². The molecule has 4 aromatic rings. The number of hydrogen-bond donors (Lipinski definition) is 4. The molecule has 4 aromatic carbocycles. The third-order valence-corrected chi connectivity index (χ3v) is 7.18. The van der Waals surface area contributed by atoms with E-state index < -0.39 is 11.9 Å². The second kappa shape index (κ2) is 13.8. The lowest BCUT2D eigenvalue weighted by Crippen LogP contribution is -2.18. The Bertz CT molecular complexity index is 1510. The van der Waals surface area contributed by atoms with Crippen molar-refractivity contribution in [2.24, 2.45) is 0 Å². The van der Waals surface area contributed by atoms with Crippen LogP contribution in [0.2, 0.25) is 5.02 Å². The highest BCUT2D eigenvalue weighted by Crippen LogP contribution is 2.24. The first-order valence-corrected chi connectivity index (χ1v) is 13.8. The number of halogens is 1. The second-order valence-electron chi connectivity index (χ2n) is 8.92. The molecule has 0 aliphatic carbocycles. The maximum Gasteiger partial charge on any atom is 0.335 e. The van der Waals surface area contributed by atoms with Crippen LogP contribution in [-0.2, 0) is 12.8 Å². The van der Waals surface area contributed by atoms with Crippen molar-refractivity contribution in [2.45, 2.75) is 24.7 Å². The summed E-state index contributed by atoms with van der Waals surface area (Å²) in [5.74, 6) is -1.68. The minimum atomic E-state index is -0.944. The molecule has 0 aromatic heterocycles. The van der Waals surface area contributed by atoms with Gasteiger partial charge in [0, 0.05) is 27.7 Å². The molecule has 204 valence electrons. The van der Waals surface area contributed by atoms with E-state index in [0.29, 0.717) is 22.0 Å². The number of aryl methyl sites for hydroxylation is 2. The SMILES string of the molecule is CCNSc1cccc(C(=O)Nc2ccc(Cl)cc2C(=O)Nc2ccc(CCc3ccc(C(=O)O)cc3)cc2)c1. The topological polar surface area (TPSA) is 108 Å². The van der Waals surface area contributed by atoms with Crippen molar-refractivity contribution in [1.82, 2.24) is 4.72 Å². The molecule has 40 heavy (non-hydrogen) atoms. The standard InChI is InChI=1S/C31H28ClN3O4S/c1-2-33-40-26-5-3-4-23(18-26)29(36)35-28-17-14-24(32)19-27(28)30(37)34-25-15-10-21(11-16-25)7-6-20-8-12-22(13-9-20)31(38)39/h3-5,8-19,33H,2,6-7H2,1H3,(H,34,37)(H,35,36)(H,38,39). The predicted molar refractivity (Wildman–Crippen MR) is 161 cm³/mol. The fourth-order valence-electron chi connectivity index (χ4n) is 3.92. The van der Waals surface area contributed by atoms with Crippen molar-refractivity contribution >= 4 is 52.7 Å². The molecule has 9 heteroatoms. The Labute approximate surface area is 242 Å². The molecule has 0 fully saturated rings. The highest BCUT2D eigenvalue weighted by Gasteiger charge is 2.16. The number of carbonyl (C=O) groups is 3. The van der Waals surface area contributed by atoms with Crippen LogP contribution >= 0.6 is 23.5 Å². The minimum absolute atomic E-state index is 0.243. The molecule has 0 aliphatic heterocycles. The Balaban J connectivity index is 1.40. The number of benzene rings is 4. The van der Waals surface area contributed by atoms with Crippen LogP contribution in [0.15, 0.2) is 95.9 Å². The molecule has 0 unspecified atom stereocenters. The molecule has 2 amide bonds. The molecule has 4 N–H and O–H groups in total. The number of rotatable bonds is 11. The van der Waals surface area contributed by atoms with Gasteiger partial charge in [-0.3, -0.25) is 14.3 Å². The van der Waals surface area contributed by atoms with Crippen molar-refractivity contribution < 1.29 is 19.5 Å². The quantitative estimate of drug-likeness (QED) is 0.145. The highest BCUT2D eigenvalue weighted by molar-refractivity contribution is 7.97. The summed E-state index contributed by atoms with van der Waals surface area (Å²) in [5.41, 5.74) is 4.05. The Kier molecular flexibility index (Phi) is 9.96. The monoisotopic (exact) mass is 573 g/mol. The zero-order valence-corrected chi connectivity index (χ0v) is 23.3. The summed E-state index contributed by atoms with van der Waals surface area (Å²) >= 11 is 7.63. The smallest absolute Gasteiger partial charge is 0.335 e. The van der Waals surface area contributed by atoms with E-state index in [1.807, 2.05) is 55.5 Å². The van der Waals surface area contributed by atoms with E-state index >= 15 is 0 Å². The van der Waals surface area contributed by atoms with E-state index in [4.69, 9.17) is 16.7 Å². The summed E-state index contributed by atoms with van der Waals surface area (Å²) < 4.78 is 3.16. The van der Waals surface area contributed by atoms with Gasteiger partial charge in [-0.1, -0.05) is 48.9 Å². The van der Waals surface area contributed by atoms with Crippen molar-refractivity contribution in [3.63, 3.8) is 0 Å². The average Bonchev–Trinajstić information content (AvgIpc) is 2.97. The summed E-state index contributed by atoms with van der Waals surface area (Å²) in [7, 11) is 0. The van der Waals surface area contributed by atoms with Gasteiger partial charge in [-0.25, -0.2) is 4.79 Å². The Hall–Kier alpha value is -4.11. The van der Waals surface area contributed by atoms with Gasteiger partial charge >= 0.3 is 5.97 Å². The van der Waals surface area contributed by atoms with Gasteiger partial charge in [0.1, 0.15) is 0 Å². The number of aromatic carboxylic acids is 1. The van der Waals surface area contributed by atoms with E-state index in [-0.39, 0.29) is 17.0 Å². The first-order valence-electron chi connectivity index (χ1n) is 12.7. The van der Waals surface area contributed by atoms with Gasteiger partial charge in [-0.05, 0) is 96.6 Å². The van der Waals surface area contributed by atoms with Crippen LogP contribution in [0.4, 0.5) is 11.4 Å². The van der Waals surface area contributed by atoms with E-state index in [1.165, 1.54) is 18.0 Å². The molecule has 0 saturated heterocycles. The van der Waals surface area contributed by atoms with Gasteiger partial charge in [-0.15, -0.1) is 0 Å². The third-order valence-electron chi connectivity index (χ3n) is 6.02. The zero-order valence-electron chi connectivity index (χ0n) is 21.7. The van der Waals surface area contributed by atoms with Crippen LogP contribution in [0.5, 0.6) is 0 Å². The molecule has 0 aliphatic rings. The van der Waals surface area contributed by atoms with Crippen LogP contribution in [-0.4, -0.2) is 29.4 Å². The van der Waals surface area contributed by atoms with Crippen molar-refractivity contribution in [1.29, 1.82) is 0 Å². The van der Waals surface area contributed by atoms with E-state index in [2.05, 4.69) is 15.4 Å². The molecule has 7 nitrogen and oxygen atoms in total. The fourth-order valence-corrected chi connectivity index (χ4v) is 4.74. The largest absolute Gasteiger partial charge is 0.478 e. The normalized spacial score (nSPS) is 10.7. The first-order chi connectivity index (χ1) is 19.3. The van der Waals surface area contributed by atoms with Gasteiger partial charge < -0.3 is 15.7 Å². The molecule has 0 atom stereocenters. The summed E-state index contributed by atoms with van der Waals surface area (Å²) in [6, 6.07) is 26.3. The minimum Gasteiger partial charge on any atom is -0.478 e. The zero-order chi connectivity index (χ0) is 28.5. The molecule has 0 radical (unpaired) electrons. The van der Waals surface area contributed by atoms with Crippen LogP contribution in [0.25, 0.3) is 0 Å². The Morgan fingerprint density at radius 3 is 2.10 bits per heavy atom. The van der Waals surface area contributed by atoms with Gasteiger partial charge in [0.05, 0.1) is 16.8 Å². The molecule has 0 saturated carbocycles. The number of nitrogens with one attached hydrogen (secondary N) is 3. The Morgan fingerprint density at radius 1 is 0.775 bits per heavy atom. The number of carboxylic acid groups (broad SMARTS) is 1. The lowest BCUT2D eigenvalue weighted by Gasteiger charge is -2.13. The van der Waals surface area contributed by atoms with Gasteiger partial charge in [-0.2, -0.15) is 0 Å². The van der Waals surface area contributed by atoms with Crippen LogP contribution in [0.1, 0.15) is 49.1 Å². The number of carboxylic acids is 1. The van der Waals surface area contributed by atoms with Gasteiger partial charge in [0.15, 0.2) is 0 Å². The first kappa shape index (κ1) is 28.9. The number of amides is 2. The van der Waals surface area contributed by atoms with E-state index in [1.54, 1.807) is 36.4 Å². The third kappa shape index (κ3) is 7.95. The number of carbonyl (C=O) groups excluding carboxylic acids is 2. The van der Waals surface area contributed by atoms with Crippen LogP contribution < -0.4 is 15.4 Å². The summed E-state index contributed by atoms with van der Waals surface area (Å²) in [5, 5.41) is 15.1. The molecular weight excluding hydrogens is 546 g/mol. The van der Waals surface area contributed by atoms with Crippen LogP contribution in [0, 0.1) is 0 Å². The summed E-state index contributed by atoms with van der Waals surface area (Å²) in [6.07, 6.45) is 1.52. The van der Waals surface area contributed by atoms with Gasteiger partial charge in [0.25, 0.3) is 11.8 Å². The molecule has 0 bridgehead atoms. The van der Waals surface area contributed by atoms with Crippen molar-refractivity contribution in [3.8, 4) is 0 Å². The van der Waals surface area contributed by atoms with Crippen molar-refractivity contribution in [2.75, 3.05) is 17.2 Å². The number of hydrogen-bond acceptors (Lipinski definition) is 5. The molecular formula is C31H28ClN3O4S. The summed E-state index contributed by atoms with van der Waals surface area (Å²) in [4.78, 5) is 38.1. The second-order valence-corrected chi connectivity index (χ2v) is 10.3. The average molecular weight is 574 g/mol. The lowest BCUT2D eigenvalue weighted by atomic mass is 10.0. The maximum absolute atomic E-state index is 13.2. The summed E-state index contributed by atoms with van der Waals surface area (Å²) in [6.45, 7) is 2.79. The molecule has 4 rings (SSSR count). The molecule has 0 spiro atoms. The number of anilines is 2. The molecule has 0 heterocycles. The highest BCUT2D eigenvalue weighted by atomic mass is 35.5. The lowest BCUT2D eigenvalue weighted by molar-refractivity contribution is 0.0696. The maximum atomic E-state index is 13.2.